The first-order chi connectivity index (χ1) is 22.8. The summed E-state index contributed by atoms with van der Waals surface area (Å²) >= 11 is 0. The Morgan fingerprint density at radius 3 is 1.80 bits per heavy atom. The van der Waals surface area contributed by atoms with Crippen molar-refractivity contribution in [3.8, 4) is 22.9 Å². The second kappa shape index (κ2) is 9.62. The van der Waals surface area contributed by atoms with Gasteiger partial charge in [-0.25, -0.2) is 9.97 Å². The third kappa shape index (κ3) is 3.55. The molecule has 0 fully saturated rings. The number of fused-ring (bicyclic) bond motifs is 9. The average Bonchev–Trinajstić information content (AvgIpc) is 3.63. The van der Waals surface area contributed by atoms with Gasteiger partial charge in [0.2, 0.25) is 5.95 Å². The van der Waals surface area contributed by atoms with Gasteiger partial charge in [-0.3, -0.25) is 4.57 Å². The first-order valence-electron chi connectivity index (χ1n) is 15.6. The first-order valence-corrected chi connectivity index (χ1v) is 15.6. The molecule has 0 N–H and O–H groups in total. The summed E-state index contributed by atoms with van der Waals surface area (Å²) < 4.78 is 4.71. The Morgan fingerprint density at radius 2 is 1.00 bits per heavy atom. The smallest absolute Gasteiger partial charge is 0.235 e. The predicted molar refractivity (Wildman–Crippen MR) is 191 cm³/mol. The molecule has 4 heteroatoms. The predicted octanol–water partition coefficient (Wildman–Crippen LogP) is 10.6. The minimum atomic E-state index is 0.659. The summed E-state index contributed by atoms with van der Waals surface area (Å²) in [4.78, 5) is 10.6. The molecule has 0 aliphatic rings. The quantitative estimate of drug-likeness (QED) is 0.206. The van der Waals surface area contributed by atoms with Gasteiger partial charge in [0, 0.05) is 38.2 Å². The van der Waals surface area contributed by atoms with E-state index in [-0.39, 0.29) is 0 Å². The molecule has 10 rings (SSSR count). The molecule has 0 unspecified atom stereocenters. The van der Waals surface area contributed by atoms with Crippen LogP contribution in [0.2, 0.25) is 0 Å². The van der Waals surface area contributed by atoms with Crippen molar-refractivity contribution in [3.63, 3.8) is 0 Å². The summed E-state index contributed by atoms with van der Waals surface area (Å²) in [6.45, 7) is 0. The van der Waals surface area contributed by atoms with Crippen LogP contribution in [-0.4, -0.2) is 19.1 Å². The molecule has 214 valence electrons. The van der Waals surface area contributed by atoms with Crippen molar-refractivity contribution in [2.75, 3.05) is 0 Å². The second-order valence-corrected chi connectivity index (χ2v) is 11.9. The molecule has 4 nitrogen and oxygen atoms in total. The standard InChI is InChI=1S/C42H26N4/c1-3-13-27(14-4-1)39-34-20-9-11-21-36(34)43-42(44-39)46-37-22-12-10-19-31(37)32-23-24-33-35-25-28-15-7-8-16-29(28)26-38(35)45(40(33)41(32)46)30-17-5-2-6-18-30/h1-26H. The van der Waals surface area contributed by atoms with Gasteiger partial charge in [-0.1, -0.05) is 121 Å². The van der Waals surface area contributed by atoms with Gasteiger partial charge in [0.15, 0.2) is 0 Å². The van der Waals surface area contributed by atoms with Crippen LogP contribution in [0.15, 0.2) is 158 Å². The SMILES string of the molecule is c1ccc(-c2nc(-n3c4ccccc4c4ccc5c6cc7ccccc7cc6n(-c6ccccc6)c5c43)nc3ccccc23)cc1. The zero-order valence-electron chi connectivity index (χ0n) is 24.8. The van der Waals surface area contributed by atoms with Crippen LogP contribution in [0.1, 0.15) is 0 Å². The number of benzene rings is 7. The zero-order valence-corrected chi connectivity index (χ0v) is 24.8. The fourth-order valence-electron chi connectivity index (χ4n) is 7.27. The van der Waals surface area contributed by atoms with Crippen LogP contribution in [0.4, 0.5) is 0 Å². The van der Waals surface area contributed by atoms with Crippen LogP contribution in [0.3, 0.4) is 0 Å². The van der Waals surface area contributed by atoms with Gasteiger partial charge in [-0.2, -0.15) is 0 Å². The maximum Gasteiger partial charge on any atom is 0.235 e. The van der Waals surface area contributed by atoms with E-state index in [1.807, 2.05) is 6.07 Å². The fourth-order valence-corrected chi connectivity index (χ4v) is 7.27. The largest absolute Gasteiger partial charge is 0.307 e. The highest BCUT2D eigenvalue weighted by atomic mass is 15.2. The Bertz CT molecular complexity index is 2790. The molecule has 0 saturated carbocycles. The molecule has 46 heavy (non-hydrogen) atoms. The lowest BCUT2D eigenvalue weighted by molar-refractivity contribution is 1.01. The molecule has 0 bridgehead atoms. The number of para-hydroxylation sites is 3. The van der Waals surface area contributed by atoms with Crippen LogP contribution >= 0.6 is 0 Å². The molecular formula is C42H26N4. The van der Waals surface area contributed by atoms with E-state index in [0.717, 1.165) is 44.4 Å². The summed E-state index contributed by atoms with van der Waals surface area (Å²) in [5.41, 5.74) is 8.52. The van der Waals surface area contributed by atoms with E-state index in [9.17, 15) is 0 Å². The number of aromatic nitrogens is 4. The lowest BCUT2D eigenvalue weighted by atomic mass is 10.1. The molecule has 0 amide bonds. The number of nitrogens with zero attached hydrogens (tertiary/aromatic N) is 4. The third-order valence-corrected chi connectivity index (χ3v) is 9.28. The summed E-state index contributed by atoms with van der Waals surface area (Å²) in [6.07, 6.45) is 0. The van der Waals surface area contributed by atoms with Gasteiger partial charge in [-0.15, -0.1) is 0 Å². The topological polar surface area (TPSA) is 35.6 Å². The Hall–Kier alpha value is -6.26. The molecule has 3 heterocycles. The molecule has 0 atom stereocenters. The van der Waals surface area contributed by atoms with E-state index in [2.05, 4.69) is 161 Å². The summed E-state index contributed by atoms with van der Waals surface area (Å²) in [5.74, 6) is 0.659. The monoisotopic (exact) mass is 586 g/mol. The molecule has 3 aromatic heterocycles. The van der Waals surface area contributed by atoms with Crippen LogP contribution < -0.4 is 0 Å². The second-order valence-electron chi connectivity index (χ2n) is 11.9. The van der Waals surface area contributed by atoms with Crippen molar-refractivity contribution in [2.24, 2.45) is 0 Å². The summed E-state index contributed by atoms with van der Waals surface area (Å²) in [7, 11) is 0. The molecule has 0 aliphatic heterocycles. The highest BCUT2D eigenvalue weighted by molar-refractivity contribution is 6.25. The van der Waals surface area contributed by atoms with Crippen molar-refractivity contribution in [1.82, 2.24) is 19.1 Å². The van der Waals surface area contributed by atoms with Crippen LogP contribution in [0.5, 0.6) is 0 Å². The van der Waals surface area contributed by atoms with E-state index in [4.69, 9.17) is 9.97 Å². The average molecular weight is 587 g/mol. The molecule has 0 radical (unpaired) electrons. The molecule has 10 aromatic rings. The van der Waals surface area contributed by atoms with E-state index in [0.29, 0.717) is 5.95 Å². The number of rotatable bonds is 3. The highest BCUT2D eigenvalue weighted by Gasteiger charge is 2.23. The van der Waals surface area contributed by atoms with Crippen LogP contribution in [0.25, 0.3) is 88.2 Å². The van der Waals surface area contributed by atoms with Gasteiger partial charge in [0.1, 0.15) is 0 Å². The molecule has 0 saturated heterocycles. The third-order valence-electron chi connectivity index (χ3n) is 9.28. The van der Waals surface area contributed by atoms with Crippen molar-refractivity contribution in [2.45, 2.75) is 0 Å². The number of hydrogen-bond donors (Lipinski definition) is 0. The molecule has 0 aliphatic carbocycles. The normalized spacial score (nSPS) is 11.9. The number of hydrogen-bond acceptors (Lipinski definition) is 2. The van der Waals surface area contributed by atoms with Gasteiger partial charge in [0.05, 0.1) is 33.3 Å². The molecule has 7 aromatic carbocycles. The van der Waals surface area contributed by atoms with E-state index >= 15 is 0 Å². The maximum absolute atomic E-state index is 5.36. The van der Waals surface area contributed by atoms with Gasteiger partial charge in [0.25, 0.3) is 0 Å². The van der Waals surface area contributed by atoms with E-state index in [1.165, 1.54) is 37.8 Å². The lowest BCUT2D eigenvalue weighted by Crippen LogP contribution is -2.04. The minimum Gasteiger partial charge on any atom is -0.307 e. The van der Waals surface area contributed by atoms with Gasteiger partial charge in [-0.05, 0) is 47.2 Å². The Morgan fingerprint density at radius 1 is 0.391 bits per heavy atom. The maximum atomic E-state index is 5.36. The van der Waals surface area contributed by atoms with Crippen LogP contribution in [0, 0.1) is 0 Å². The highest BCUT2D eigenvalue weighted by Crippen LogP contribution is 2.42. The lowest BCUT2D eigenvalue weighted by Gasteiger charge is -2.13. The first kappa shape index (κ1) is 25.1. The zero-order chi connectivity index (χ0) is 30.2. The Kier molecular flexibility index (Phi) is 5.25. The summed E-state index contributed by atoms with van der Waals surface area (Å²) in [5, 5.41) is 8.25. The van der Waals surface area contributed by atoms with Gasteiger partial charge >= 0.3 is 0 Å². The van der Waals surface area contributed by atoms with E-state index in [1.54, 1.807) is 0 Å². The van der Waals surface area contributed by atoms with Crippen molar-refractivity contribution in [3.05, 3.63) is 158 Å². The van der Waals surface area contributed by atoms with Crippen molar-refractivity contribution < 1.29 is 0 Å². The van der Waals surface area contributed by atoms with Gasteiger partial charge < -0.3 is 4.57 Å². The van der Waals surface area contributed by atoms with E-state index < -0.39 is 0 Å². The van der Waals surface area contributed by atoms with Crippen LogP contribution in [-0.2, 0) is 0 Å². The fraction of sp³-hybridized carbons (Fsp3) is 0. The Balaban J connectivity index is 1.43. The van der Waals surface area contributed by atoms with Crippen molar-refractivity contribution >= 4 is 65.3 Å². The minimum absolute atomic E-state index is 0.659. The summed E-state index contributed by atoms with van der Waals surface area (Å²) in [6, 6.07) is 55.9. The molecule has 0 spiro atoms. The Labute approximate surface area is 264 Å². The molecular weight excluding hydrogens is 560 g/mol. The van der Waals surface area contributed by atoms with Crippen molar-refractivity contribution in [1.29, 1.82) is 0 Å².